The van der Waals surface area contributed by atoms with Crippen molar-refractivity contribution < 1.29 is 4.79 Å². The Kier molecular flexibility index (Phi) is 6.25. The zero-order chi connectivity index (χ0) is 12.1. The first-order chi connectivity index (χ1) is 6.76. The van der Waals surface area contributed by atoms with Crippen molar-refractivity contribution in [3.63, 3.8) is 0 Å². The fraction of sp³-hybridized carbons (Fsp3) is 0.700. The van der Waals surface area contributed by atoms with E-state index in [1.807, 2.05) is 20.8 Å². The van der Waals surface area contributed by atoms with Crippen molar-refractivity contribution in [3.05, 3.63) is 10.6 Å². The second-order valence-corrected chi connectivity index (χ2v) is 5.10. The van der Waals surface area contributed by atoms with E-state index in [0.717, 1.165) is 0 Å². The second-order valence-electron chi connectivity index (χ2n) is 4.40. The van der Waals surface area contributed by atoms with Crippen molar-refractivity contribution in [1.82, 2.24) is 10.6 Å². The fourth-order valence-corrected chi connectivity index (χ4v) is 1.01. The minimum Gasteiger partial charge on any atom is -0.350 e. The summed E-state index contributed by atoms with van der Waals surface area (Å²) in [6.07, 6.45) is 0. The van der Waals surface area contributed by atoms with Gasteiger partial charge in [-0.05, 0) is 27.7 Å². The summed E-state index contributed by atoms with van der Waals surface area (Å²) in [5.41, 5.74) is 1.06. The molecule has 0 saturated carbocycles. The van der Waals surface area contributed by atoms with Crippen LogP contribution in [0.2, 0.25) is 0 Å². The van der Waals surface area contributed by atoms with Crippen LogP contribution in [0.4, 0.5) is 0 Å². The molecule has 0 rings (SSSR count). The highest BCUT2D eigenvalue weighted by atomic mass is 35.5. The molecule has 88 valence electrons. The van der Waals surface area contributed by atoms with Gasteiger partial charge < -0.3 is 10.6 Å². The van der Waals surface area contributed by atoms with Crippen molar-refractivity contribution in [3.8, 4) is 0 Å². The summed E-state index contributed by atoms with van der Waals surface area (Å²) in [7, 11) is 0. The zero-order valence-corrected chi connectivity index (χ0v) is 11.0. The van der Waals surface area contributed by atoms with Gasteiger partial charge >= 0.3 is 0 Å². The van der Waals surface area contributed by atoms with Crippen LogP contribution in [0.5, 0.6) is 0 Å². The van der Waals surface area contributed by atoms with Crippen LogP contribution in [-0.4, -0.2) is 24.0 Å². The van der Waals surface area contributed by atoms with Gasteiger partial charge in [-0.1, -0.05) is 23.2 Å². The van der Waals surface area contributed by atoms with Crippen molar-refractivity contribution in [1.29, 1.82) is 0 Å². The van der Waals surface area contributed by atoms with E-state index < -0.39 is 0 Å². The topological polar surface area (TPSA) is 41.1 Å². The molecular weight excluding hydrogens is 235 g/mol. The molecule has 1 amide bonds. The van der Waals surface area contributed by atoms with E-state index >= 15 is 0 Å². The van der Waals surface area contributed by atoms with Crippen LogP contribution < -0.4 is 10.6 Å². The molecule has 2 N–H and O–H groups in total. The van der Waals surface area contributed by atoms with Crippen LogP contribution >= 0.6 is 23.2 Å². The number of hydrogen-bond donors (Lipinski definition) is 2. The summed E-state index contributed by atoms with van der Waals surface area (Å²) in [6.45, 7) is 7.97. The Hall–Kier alpha value is -0.250. The van der Waals surface area contributed by atoms with E-state index in [0.29, 0.717) is 11.6 Å². The van der Waals surface area contributed by atoms with Gasteiger partial charge in [-0.25, -0.2) is 0 Å². The minimum absolute atomic E-state index is 0.0541. The van der Waals surface area contributed by atoms with Crippen LogP contribution in [0.3, 0.4) is 0 Å². The first-order valence-electron chi connectivity index (χ1n) is 4.76. The van der Waals surface area contributed by atoms with Crippen LogP contribution in [0, 0.1) is 0 Å². The van der Waals surface area contributed by atoms with Gasteiger partial charge in [0.25, 0.3) is 0 Å². The third-order valence-corrected chi connectivity index (χ3v) is 2.20. The molecule has 0 aromatic carbocycles. The first kappa shape index (κ1) is 14.8. The Balaban J connectivity index is 4.01. The Morgan fingerprint density at radius 1 is 1.47 bits per heavy atom. The summed E-state index contributed by atoms with van der Waals surface area (Å²) >= 11 is 11.1. The van der Waals surface area contributed by atoms with Gasteiger partial charge in [-0.2, -0.15) is 0 Å². The van der Waals surface area contributed by atoms with Crippen LogP contribution in [0.25, 0.3) is 0 Å². The Morgan fingerprint density at radius 3 is 2.40 bits per heavy atom. The molecule has 0 heterocycles. The van der Waals surface area contributed by atoms with E-state index in [1.54, 1.807) is 6.92 Å². The zero-order valence-electron chi connectivity index (χ0n) is 9.53. The van der Waals surface area contributed by atoms with E-state index in [-0.39, 0.29) is 17.5 Å². The first-order valence-corrected chi connectivity index (χ1v) is 5.58. The molecule has 0 bridgehead atoms. The van der Waals surface area contributed by atoms with Gasteiger partial charge in [0.05, 0.1) is 6.04 Å². The quantitative estimate of drug-likeness (QED) is 0.806. The van der Waals surface area contributed by atoms with Crippen LogP contribution in [-0.2, 0) is 4.79 Å². The highest BCUT2D eigenvalue weighted by Gasteiger charge is 2.18. The number of rotatable bonds is 4. The molecule has 0 aliphatic heterocycles. The number of amides is 1. The predicted molar refractivity (Wildman–Crippen MR) is 65.1 cm³/mol. The maximum Gasteiger partial charge on any atom is 0.237 e. The molecule has 0 aliphatic carbocycles. The highest BCUT2D eigenvalue weighted by Crippen LogP contribution is 2.02. The lowest BCUT2D eigenvalue weighted by Crippen LogP contribution is -2.49. The van der Waals surface area contributed by atoms with Gasteiger partial charge in [0.15, 0.2) is 0 Å². The summed E-state index contributed by atoms with van der Waals surface area (Å²) in [5.74, 6) is -0.0541. The lowest BCUT2D eigenvalue weighted by Gasteiger charge is -2.23. The number of halogens is 2. The molecule has 0 aromatic rings. The molecule has 0 saturated heterocycles. The van der Waals surface area contributed by atoms with Gasteiger partial charge in [0.1, 0.15) is 0 Å². The van der Waals surface area contributed by atoms with E-state index in [2.05, 4.69) is 10.6 Å². The molecular formula is C10H18Cl2N2O. The Labute approximate surface area is 101 Å². The van der Waals surface area contributed by atoms with Gasteiger partial charge in [-0.3, -0.25) is 4.79 Å². The van der Waals surface area contributed by atoms with Gasteiger partial charge in [-0.15, -0.1) is 0 Å². The lowest BCUT2D eigenvalue weighted by atomic mass is 10.1. The standard InChI is InChI=1S/C10H18Cl2N2O/c1-7(13-6-8(12)5-11)9(15)14-10(2,3)4/h5,7,13H,6H2,1-4H3,(H,14,15). The average Bonchev–Trinajstić information content (AvgIpc) is 2.10. The van der Waals surface area contributed by atoms with Crippen molar-refractivity contribution in [2.24, 2.45) is 0 Å². The minimum atomic E-state index is -0.297. The Bertz CT molecular complexity index is 246. The van der Waals surface area contributed by atoms with Crippen molar-refractivity contribution in [2.75, 3.05) is 6.54 Å². The summed E-state index contributed by atoms with van der Waals surface area (Å²) < 4.78 is 0. The molecule has 15 heavy (non-hydrogen) atoms. The second kappa shape index (κ2) is 6.36. The molecule has 5 heteroatoms. The SMILES string of the molecule is CC(NCC(Cl)=CCl)C(=O)NC(C)(C)C. The molecule has 3 nitrogen and oxygen atoms in total. The fourth-order valence-electron chi connectivity index (χ4n) is 0.860. The summed E-state index contributed by atoms with van der Waals surface area (Å²) in [4.78, 5) is 11.6. The summed E-state index contributed by atoms with van der Waals surface area (Å²) in [5, 5.41) is 6.30. The van der Waals surface area contributed by atoms with Crippen LogP contribution in [0.15, 0.2) is 10.6 Å². The molecule has 0 aromatic heterocycles. The number of nitrogens with one attached hydrogen (secondary N) is 2. The number of hydrogen-bond acceptors (Lipinski definition) is 2. The highest BCUT2D eigenvalue weighted by molar-refractivity contribution is 6.36. The molecule has 0 spiro atoms. The predicted octanol–water partition coefficient (Wildman–Crippen LogP) is 2.20. The third-order valence-electron chi connectivity index (χ3n) is 1.59. The largest absolute Gasteiger partial charge is 0.350 e. The molecule has 0 fully saturated rings. The summed E-state index contributed by atoms with van der Waals surface area (Å²) in [6, 6.07) is -0.297. The third kappa shape index (κ3) is 7.65. The normalized spacial score (nSPS) is 14.9. The van der Waals surface area contributed by atoms with Crippen LogP contribution in [0.1, 0.15) is 27.7 Å². The van der Waals surface area contributed by atoms with E-state index in [4.69, 9.17) is 23.2 Å². The van der Waals surface area contributed by atoms with Gasteiger partial charge in [0, 0.05) is 22.7 Å². The van der Waals surface area contributed by atoms with Crippen molar-refractivity contribution in [2.45, 2.75) is 39.3 Å². The van der Waals surface area contributed by atoms with E-state index in [1.165, 1.54) is 5.54 Å². The van der Waals surface area contributed by atoms with Crippen molar-refractivity contribution >= 4 is 29.1 Å². The molecule has 1 unspecified atom stereocenters. The maximum absolute atomic E-state index is 11.6. The van der Waals surface area contributed by atoms with Gasteiger partial charge in [0.2, 0.25) is 5.91 Å². The lowest BCUT2D eigenvalue weighted by molar-refractivity contribution is -0.124. The molecule has 1 atom stereocenters. The number of carbonyl (C=O) groups excluding carboxylic acids is 1. The smallest absolute Gasteiger partial charge is 0.237 e. The number of carbonyl (C=O) groups is 1. The Morgan fingerprint density at radius 2 is 2.00 bits per heavy atom. The average molecular weight is 253 g/mol. The molecule has 0 aliphatic rings. The maximum atomic E-state index is 11.6. The van der Waals surface area contributed by atoms with E-state index in [9.17, 15) is 4.79 Å². The molecule has 0 radical (unpaired) electrons. The monoisotopic (exact) mass is 252 g/mol.